The van der Waals surface area contributed by atoms with Crippen LogP contribution in [0.3, 0.4) is 0 Å². The number of para-hydroxylation sites is 2. The van der Waals surface area contributed by atoms with Gasteiger partial charge in [0.05, 0.1) is 11.4 Å². The predicted molar refractivity (Wildman–Crippen MR) is 134 cm³/mol. The average Bonchev–Trinajstić information content (AvgIpc) is 2.83. The molecule has 2 heterocycles. The molecule has 3 aliphatic rings. The Balaban J connectivity index is 1.31. The maximum Gasteiger partial charge on any atom is 0.124 e. The normalized spacial score (nSPS) is 26.7. The van der Waals surface area contributed by atoms with Crippen molar-refractivity contribution in [2.24, 2.45) is 15.9 Å². The molecule has 0 aromatic heterocycles. The van der Waals surface area contributed by atoms with Crippen LogP contribution in [0.1, 0.15) is 52.4 Å². The zero-order chi connectivity index (χ0) is 21.8. The van der Waals surface area contributed by atoms with Crippen LogP contribution in [-0.4, -0.2) is 62.8 Å². The highest BCUT2D eigenvalue weighted by Crippen LogP contribution is 2.38. The number of fused-ring (bicyclic) bond motifs is 1. The summed E-state index contributed by atoms with van der Waals surface area (Å²) in [4.78, 5) is 16.5. The Kier molecular flexibility index (Phi) is 7.11. The maximum atomic E-state index is 4.68. The van der Waals surface area contributed by atoms with Crippen LogP contribution in [0.2, 0.25) is 0 Å². The van der Waals surface area contributed by atoms with Crippen molar-refractivity contribution in [3.63, 3.8) is 0 Å². The number of amidine groups is 1. The second kappa shape index (κ2) is 9.99. The Hall–Kier alpha value is -2.14. The van der Waals surface area contributed by atoms with Crippen LogP contribution in [0.25, 0.3) is 0 Å². The molecule has 1 saturated carbocycles. The summed E-state index contributed by atoms with van der Waals surface area (Å²) in [6.45, 7) is 12.3. The Morgan fingerprint density at radius 3 is 2.23 bits per heavy atom. The van der Waals surface area contributed by atoms with E-state index in [0.717, 1.165) is 25.0 Å². The van der Waals surface area contributed by atoms with Gasteiger partial charge < -0.3 is 14.7 Å². The molecule has 2 aliphatic heterocycles. The summed E-state index contributed by atoms with van der Waals surface area (Å²) in [6.07, 6.45) is 9.87. The van der Waals surface area contributed by atoms with E-state index in [4.69, 9.17) is 0 Å². The SMILES string of the molecule is C=NC(C)=N/C(=C\C)C1CCN(C2CCC(N3CCN(C)c4ccccc43)CC2)CC1. The van der Waals surface area contributed by atoms with Gasteiger partial charge in [0.15, 0.2) is 0 Å². The molecule has 0 radical (unpaired) electrons. The third-order valence-corrected chi connectivity index (χ3v) is 7.67. The topological polar surface area (TPSA) is 34.4 Å². The Morgan fingerprint density at radius 2 is 1.58 bits per heavy atom. The number of hydrogen-bond acceptors (Lipinski definition) is 4. The standard InChI is InChI=1S/C26H39N5/c1-5-24(28-20(2)27-3)21-14-16-30(17-15-21)22-10-12-23(13-11-22)31-19-18-29(4)25-8-6-7-9-26(25)31/h5-9,21-23H,3,10-19H2,1-2,4H3/b24-5-,28-20?. The van der Waals surface area contributed by atoms with Gasteiger partial charge in [-0.2, -0.15) is 0 Å². The number of allylic oxidation sites excluding steroid dienone is 2. The Labute approximate surface area is 188 Å². The van der Waals surface area contributed by atoms with Crippen molar-refractivity contribution in [3.8, 4) is 0 Å². The van der Waals surface area contributed by atoms with Gasteiger partial charge >= 0.3 is 0 Å². The molecule has 31 heavy (non-hydrogen) atoms. The molecule has 0 atom stereocenters. The van der Waals surface area contributed by atoms with E-state index < -0.39 is 0 Å². The first-order valence-corrected chi connectivity index (χ1v) is 12.1. The van der Waals surface area contributed by atoms with E-state index in [1.54, 1.807) is 0 Å². The predicted octanol–water partition coefficient (Wildman–Crippen LogP) is 4.99. The highest BCUT2D eigenvalue weighted by atomic mass is 15.3. The lowest BCUT2D eigenvalue weighted by atomic mass is 9.86. The minimum atomic E-state index is 0.566. The molecule has 4 rings (SSSR count). The lowest BCUT2D eigenvalue weighted by Crippen LogP contribution is -2.49. The molecular formula is C26H39N5. The number of piperidine rings is 1. The summed E-state index contributed by atoms with van der Waals surface area (Å²) in [6, 6.07) is 10.4. The highest BCUT2D eigenvalue weighted by molar-refractivity contribution is 5.84. The highest BCUT2D eigenvalue weighted by Gasteiger charge is 2.33. The third-order valence-electron chi connectivity index (χ3n) is 7.67. The van der Waals surface area contributed by atoms with Gasteiger partial charge in [0.1, 0.15) is 5.84 Å². The average molecular weight is 422 g/mol. The first kappa shape index (κ1) is 22.1. The number of aliphatic imine (C=N–C) groups is 2. The summed E-state index contributed by atoms with van der Waals surface area (Å²) in [7, 11) is 2.22. The Bertz CT molecular complexity index is 813. The van der Waals surface area contributed by atoms with Crippen LogP contribution in [0.15, 0.2) is 46.0 Å². The molecule has 168 valence electrons. The van der Waals surface area contributed by atoms with E-state index in [1.165, 1.54) is 68.7 Å². The van der Waals surface area contributed by atoms with Crippen LogP contribution >= 0.6 is 0 Å². The van der Waals surface area contributed by atoms with Crippen LogP contribution in [-0.2, 0) is 0 Å². The van der Waals surface area contributed by atoms with Gasteiger partial charge in [-0.05, 0) is 84.3 Å². The van der Waals surface area contributed by atoms with E-state index in [1.807, 2.05) is 6.92 Å². The molecule has 5 nitrogen and oxygen atoms in total. The van der Waals surface area contributed by atoms with E-state index in [2.05, 4.69) is 75.7 Å². The first-order valence-electron chi connectivity index (χ1n) is 12.1. The number of nitrogens with zero attached hydrogens (tertiary/aromatic N) is 5. The van der Waals surface area contributed by atoms with Crippen molar-refractivity contribution < 1.29 is 0 Å². The molecule has 0 spiro atoms. The fraction of sp³-hybridized carbons (Fsp3) is 0.615. The molecule has 2 fully saturated rings. The summed E-state index contributed by atoms with van der Waals surface area (Å²) < 4.78 is 0. The summed E-state index contributed by atoms with van der Waals surface area (Å²) in [5.74, 6) is 1.34. The zero-order valence-electron chi connectivity index (χ0n) is 19.6. The number of likely N-dealkylation sites (N-methyl/N-ethyl adjacent to an activating group) is 1. The fourth-order valence-corrected chi connectivity index (χ4v) is 5.82. The number of likely N-dealkylation sites (tertiary alicyclic amines) is 1. The molecule has 1 aromatic rings. The van der Waals surface area contributed by atoms with Crippen molar-refractivity contribution in [2.75, 3.05) is 43.0 Å². The van der Waals surface area contributed by atoms with Gasteiger partial charge in [-0.25, -0.2) is 9.98 Å². The van der Waals surface area contributed by atoms with Gasteiger partial charge in [-0.3, -0.25) is 0 Å². The van der Waals surface area contributed by atoms with Gasteiger partial charge in [-0.15, -0.1) is 0 Å². The smallest absolute Gasteiger partial charge is 0.124 e. The van der Waals surface area contributed by atoms with E-state index in [0.29, 0.717) is 12.0 Å². The maximum absolute atomic E-state index is 4.68. The van der Waals surface area contributed by atoms with E-state index >= 15 is 0 Å². The summed E-state index contributed by atoms with van der Waals surface area (Å²) in [5, 5.41) is 0. The summed E-state index contributed by atoms with van der Waals surface area (Å²) >= 11 is 0. The van der Waals surface area contributed by atoms with Crippen LogP contribution < -0.4 is 9.80 Å². The number of rotatable bonds is 4. The largest absolute Gasteiger partial charge is 0.371 e. The molecule has 1 saturated heterocycles. The minimum Gasteiger partial charge on any atom is -0.371 e. The zero-order valence-corrected chi connectivity index (χ0v) is 19.6. The number of hydrogen-bond donors (Lipinski definition) is 0. The number of anilines is 2. The second-order valence-corrected chi connectivity index (χ2v) is 9.41. The minimum absolute atomic E-state index is 0.566. The fourth-order valence-electron chi connectivity index (χ4n) is 5.82. The first-order chi connectivity index (χ1) is 15.1. The van der Waals surface area contributed by atoms with Gasteiger partial charge in [0.25, 0.3) is 0 Å². The van der Waals surface area contributed by atoms with Crippen LogP contribution in [0, 0.1) is 5.92 Å². The quantitative estimate of drug-likeness (QED) is 0.507. The molecule has 0 amide bonds. The molecule has 0 unspecified atom stereocenters. The molecule has 1 aromatic carbocycles. The van der Waals surface area contributed by atoms with Crippen molar-refractivity contribution >= 4 is 23.9 Å². The molecule has 5 heteroatoms. The van der Waals surface area contributed by atoms with Gasteiger partial charge in [-0.1, -0.05) is 18.2 Å². The molecule has 1 aliphatic carbocycles. The van der Waals surface area contributed by atoms with Crippen molar-refractivity contribution in [1.82, 2.24) is 4.90 Å². The summed E-state index contributed by atoms with van der Waals surface area (Å²) in [5.41, 5.74) is 4.02. The lowest BCUT2D eigenvalue weighted by Gasteiger charge is -2.46. The second-order valence-electron chi connectivity index (χ2n) is 9.41. The molecule has 0 bridgehead atoms. The van der Waals surface area contributed by atoms with Gasteiger partial charge in [0.2, 0.25) is 0 Å². The Morgan fingerprint density at radius 1 is 0.935 bits per heavy atom. The van der Waals surface area contributed by atoms with Crippen LogP contribution in [0.4, 0.5) is 11.4 Å². The molecular weight excluding hydrogens is 382 g/mol. The third kappa shape index (κ3) is 4.87. The monoisotopic (exact) mass is 421 g/mol. The van der Waals surface area contributed by atoms with Crippen molar-refractivity contribution in [2.45, 2.75) is 64.5 Å². The molecule has 0 N–H and O–H groups in total. The van der Waals surface area contributed by atoms with Crippen molar-refractivity contribution in [1.29, 1.82) is 0 Å². The van der Waals surface area contributed by atoms with Crippen LogP contribution in [0.5, 0.6) is 0 Å². The van der Waals surface area contributed by atoms with Crippen molar-refractivity contribution in [3.05, 3.63) is 36.0 Å². The van der Waals surface area contributed by atoms with E-state index in [9.17, 15) is 0 Å². The lowest BCUT2D eigenvalue weighted by molar-refractivity contribution is 0.109. The van der Waals surface area contributed by atoms with Gasteiger partial charge in [0, 0.05) is 43.8 Å². The number of benzene rings is 1. The van der Waals surface area contributed by atoms with E-state index in [-0.39, 0.29) is 0 Å².